The molecular weight excluding hydrogens is 264 g/mol. The molecule has 2 unspecified atom stereocenters. The summed E-state index contributed by atoms with van der Waals surface area (Å²) in [4.78, 5) is 2.56. The topological polar surface area (TPSA) is 33.7 Å². The second-order valence-electron chi connectivity index (χ2n) is 5.87. The molecule has 0 amide bonds. The Hall–Kier alpha value is -1.10. The number of para-hydroxylation sites is 1. The van der Waals surface area contributed by atoms with E-state index in [4.69, 9.17) is 9.47 Å². The molecule has 0 aromatic heterocycles. The third-order valence-electron chi connectivity index (χ3n) is 4.71. The van der Waals surface area contributed by atoms with Crippen LogP contribution in [0.3, 0.4) is 0 Å². The van der Waals surface area contributed by atoms with Crippen molar-refractivity contribution in [3.8, 4) is 5.75 Å². The van der Waals surface area contributed by atoms with Crippen LogP contribution in [-0.4, -0.2) is 50.4 Å². The summed E-state index contributed by atoms with van der Waals surface area (Å²) in [6, 6.07) is 9.13. The van der Waals surface area contributed by atoms with Crippen molar-refractivity contribution in [2.45, 2.75) is 38.0 Å². The van der Waals surface area contributed by atoms with Crippen LogP contribution >= 0.6 is 0 Å². The molecule has 4 heteroatoms. The SMILES string of the molecule is CCOC1CCN(C2COc3ccccc3C2NC)CC1. The first-order valence-corrected chi connectivity index (χ1v) is 8.08. The minimum atomic E-state index is 0.346. The van der Waals surface area contributed by atoms with Crippen LogP contribution in [0.25, 0.3) is 0 Å². The molecule has 4 nitrogen and oxygen atoms in total. The Balaban J connectivity index is 1.69. The van der Waals surface area contributed by atoms with E-state index in [1.54, 1.807) is 0 Å². The van der Waals surface area contributed by atoms with Gasteiger partial charge in [0, 0.05) is 25.3 Å². The molecule has 3 rings (SSSR count). The van der Waals surface area contributed by atoms with Crippen LogP contribution in [-0.2, 0) is 4.74 Å². The van der Waals surface area contributed by atoms with Crippen LogP contribution in [0.4, 0.5) is 0 Å². The molecule has 1 aromatic rings. The zero-order chi connectivity index (χ0) is 14.7. The van der Waals surface area contributed by atoms with E-state index in [0.717, 1.165) is 44.9 Å². The Morgan fingerprint density at radius 1 is 1.29 bits per heavy atom. The summed E-state index contributed by atoms with van der Waals surface area (Å²) in [6.07, 6.45) is 2.70. The van der Waals surface area contributed by atoms with Gasteiger partial charge in [0.2, 0.25) is 0 Å². The van der Waals surface area contributed by atoms with Gasteiger partial charge < -0.3 is 14.8 Å². The van der Waals surface area contributed by atoms with Crippen molar-refractivity contribution in [3.05, 3.63) is 29.8 Å². The third-order valence-corrected chi connectivity index (χ3v) is 4.71. The predicted octanol–water partition coefficient (Wildman–Crippen LogP) is 2.21. The molecule has 116 valence electrons. The average molecular weight is 290 g/mol. The first-order chi connectivity index (χ1) is 10.3. The zero-order valence-corrected chi connectivity index (χ0v) is 13.0. The van der Waals surface area contributed by atoms with Crippen molar-refractivity contribution in [2.75, 3.05) is 33.4 Å². The molecule has 0 bridgehead atoms. The van der Waals surface area contributed by atoms with Gasteiger partial charge in [-0.3, -0.25) is 4.90 Å². The molecule has 0 saturated carbocycles. The Kier molecular flexibility index (Phi) is 4.78. The molecule has 21 heavy (non-hydrogen) atoms. The van der Waals surface area contributed by atoms with E-state index in [1.807, 2.05) is 13.1 Å². The van der Waals surface area contributed by atoms with Gasteiger partial charge >= 0.3 is 0 Å². The van der Waals surface area contributed by atoms with Gasteiger partial charge in [-0.1, -0.05) is 18.2 Å². The van der Waals surface area contributed by atoms with E-state index in [1.165, 1.54) is 5.56 Å². The molecule has 1 aromatic carbocycles. The highest BCUT2D eigenvalue weighted by molar-refractivity contribution is 5.38. The second kappa shape index (κ2) is 6.77. The largest absolute Gasteiger partial charge is 0.492 e. The number of fused-ring (bicyclic) bond motifs is 1. The Labute approximate surface area is 127 Å². The normalized spacial score (nSPS) is 27.1. The van der Waals surface area contributed by atoms with Crippen LogP contribution < -0.4 is 10.1 Å². The fourth-order valence-corrected chi connectivity index (χ4v) is 3.62. The molecular formula is C17H26N2O2. The summed E-state index contributed by atoms with van der Waals surface area (Å²) in [6.45, 7) is 5.86. The summed E-state index contributed by atoms with van der Waals surface area (Å²) in [5, 5.41) is 3.49. The number of nitrogens with zero attached hydrogens (tertiary/aromatic N) is 1. The molecule has 1 saturated heterocycles. The van der Waals surface area contributed by atoms with Gasteiger partial charge in [0.05, 0.1) is 18.2 Å². The fourth-order valence-electron chi connectivity index (χ4n) is 3.62. The average Bonchev–Trinajstić information content (AvgIpc) is 2.55. The molecule has 2 atom stereocenters. The highest BCUT2D eigenvalue weighted by Crippen LogP contribution is 2.34. The van der Waals surface area contributed by atoms with Gasteiger partial charge in [-0.05, 0) is 32.9 Å². The van der Waals surface area contributed by atoms with Gasteiger partial charge in [-0.2, -0.15) is 0 Å². The van der Waals surface area contributed by atoms with E-state index in [2.05, 4.69) is 35.3 Å². The molecule has 2 aliphatic heterocycles. The first-order valence-electron chi connectivity index (χ1n) is 8.08. The molecule has 0 radical (unpaired) electrons. The number of hydrogen-bond acceptors (Lipinski definition) is 4. The van der Waals surface area contributed by atoms with Gasteiger partial charge in [-0.15, -0.1) is 0 Å². The van der Waals surface area contributed by atoms with Crippen molar-refractivity contribution >= 4 is 0 Å². The van der Waals surface area contributed by atoms with Crippen LogP contribution in [0.15, 0.2) is 24.3 Å². The minimum absolute atomic E-state index is 0.346. The number of rotatable bonds is 4. The summed E-state index contributed by atoms with van der Waals surface area (Å²) >= 11 is 0. The van der Waals surface area contributed by atoms with Crippen LogP contribution in [0.2, 0.25) is 0 Å². The maximum Gasteiger partial charge on any atom is 0.124 e. The van der Waals surface area contributed by atoms with E-state index in [0.29, 0.717) is 18.2 Å². The third kappa shape index (κ3) is 3.07. The lowest BCUT2D eigenvalue weighted by Gasteiger charge is -2.43. The monoisotopic (exact) mass is 290 g/mol. The summed E-state index contributed by atoms with van der Waals surface area (Å²) in [5.74, 6) is 1.03. The lowest BCUT2D eigenvalue weighted by molar-refractivity contribution is -0.0109. The smallest absolute Gasteiger partial charge is 0.124 e. The first kappa shape index (κ1) is 14.8. The Morgan fingerprint density at radius 2 is 2.05 bits per heavy atom. The molecule has 1 fully saturated rings. The second-order valence-corrected chi connectivity index (χ2v) is 5.87. The predicted molar refractivity (Wildman–Crippen MR) is 83.7 cm³/mol. The quantitative estimate of drug-likeness (QED) is 0.922. The number of ether oxygens (including phenoxy) is 2. The standard InChI is InChI=1S/C17H26N2O2/c1-3-20-13-8-10-19(11-9-13)15-12-21-16-7-5-4-6-14(16)17(15)18-2/h4-7,13,15,17-18H,3,8-12H2,1-2H3. The van der Waals surface area contributed by atoms with Crippen LogP contribution in [0, 0.1) is 0 Å². The van der Waals surface area contributed by atoms with E-state index < -0.39 is 0 Å². The molecule has 2 aliphatic rings. The van der Waals surface area contributed by atoms with Gasteiger partial charge in [0.25, 0.3) is 0 Å². The van der Waals surface area contributed by atoms with Crippen molar-refractivity contribution in [2.24, 2.45) is 0 Å². The van der Waals surface area contributed by atoms with Crippen molar-refractivity contribution in [1.29, 1.82) is 0 Å². The fraction of sp³-hybridized carbons (Fsp3) is 0.647. The molecule has 2 heterocycles. The molecule has 1 N–H and O–H groups in total. The summed E-state index contributed by atoms with van der Waals surface area (Å²) < 4.78 is 11.7. The highest BCUT2D eigenvalue weighted by atomic mass is 16.5. The summed E-state index contributed by atoms with van der Waals surface area (Å²) in [7, 11) is 2.05. The lowest BCUT2D eigenvalue weighted by Crippen LogP contribution is -2.52. The Morgan fingerprint density at radius 3 is 2.76 bits per heavy atom. The van der Waals surface area contributed by atoms with Gasteiger partial charge in [0.15, 0.2) is 0 Å². The number of hydrogen-bond donors (Lipinski definition) is 1. The van der Waals surface area contributed by atoms with Crippen molar-refractivity contribution in [1.82, 2.24) is 10.2 Å². The molecule has 0 aliphatic carbocycles. The van der Waals surface area contributed by atoms with E-state index in [-0.39, 0.29) is 0 Å². The van der Waals surface area contributed by atoms with E-state index in [9.17, 15) is 0 Å². The maximum absolute atomic E-state index is 5.98. The van der Waals surface area contributed by atoms with E-state index >= 15 is 0 Å². The van der Waals surface area contributed by atoms with Crippen LogP contribution in [0.1, 0.15) is 31.4 Å². The maximum atomic E-state index is 5.98. The number of likely N-dealkylation sites (tertiary alicyclic amines) is 1. The van der Waals surface area contributed by atoms with Crippen molar-refractivity contribution < 1.29 is 9.47 Å². The minimum Gasteiger partial charge on any atom is -0.492 e. The summed E-state index contributed by atoms with van der Waals surface area (Å²) in [5.41, 5.74) is 1.28. The van der Waals surface area contributed by atoms with Crippen LogP contribution in [0.5, 0.6) is 5.75 Å². The van der Waals surface area contributed by atoms with Crippen molar-refractivity contribution in [3.63, 3.8) is 0 Å². The van der Waals surface area contributed by atoms with Gasteiger partial charge in [0.1, 0.15) is 12.4 Å². The number of likely N-dealkylation sites (N-methyl/N-ethyl adjacent to an activating group) is 1. The Bertz CT molecular complexity index is 458. The van der Waals surface area contributed by atoms with Gasteiger partial charge in [-0.25, -0.2) is 0 Å². The number of nitrogens with one attached hydrogen (secondary N) is 1. The molecule has 0 spiro atoms. The number of piperidine rings is 1. The lowest BCUT2D eigenvalue weighted by atomic mass is 9.93. The zero-order valence-electron chi connectivity index (χ0n) is 13.0. The highest BCUT2D eigenvalue weighted by Gasteiger charge is 2.35. The number of benzene rings is 1.